The fraction of sp³-hybridized carbons (Fsp3) is 0.250. The monoisotopic (exact) mass is 374 g/mol. The normalized spacial score (nSPS) is 18.7. The van der Waals surface area contributed by atoms with E-state index in [1.807, 2.05) is 0 Å². The molecule has 10 heteroatoms. The molecular weight excluding hydrogens is 359 g/mol. The minimum atomic E-state index is -3.02. The number of sulfone groups is 1. The van der Waals surface area contributed by atoms with E-state index in [2.05, 4.69) is 30.6 Å². The number of nitrogens with one attached hydrogen (secondary N) is 2. The van der Waals surface area contributed by atoms with Gasteiger partial charge in [0.1, 0.15) is 5.82 Å². The Hall–Kier alpha value is -2.88. The lowest BCUT2D eigenvalue weighted by Gasteiger charge is -2.13. The second-order valence-corrected chi connectivity index (χ2v) is 8.23. The highest BCUT2D eigenvalue weighted by molar-refractivity contribution is 7.91. The van der Waals surface area contributed by atoms with E-state index in [-0.39, 0.29) is 29.3 Å². The largest absolute Gasteiger partial charge is 0.350 e. The summed E-state index contributed by atoms with van der Waals surface area (Å²) in [6.07, 6.45) is 3.55. The molecule has 0 saturated carbocycles. The molecule has 1 aliphatic heterocycles. The molecule has 1 fully saturated rings. The molecule has 0 bridgehead atoms. The second kappa shape index (κ2) is 6.45. The summed E-state index contributed by atoms with van der Waals surface area (Å²) >= 11 is 0. The van der Waals surface area contributed by atoms with E-state index in [1.165, 1.54) is 24.5 Å². The summed E-state index contributed by atoms with van der Waals surface area (Å²) < 4.78 is 36.4. The summed E-state index contributed by atoms with van der Waals surface area (Å²) in [5, 5.41) is 6.13. The van der Waals surface area contributed by atoms with Crippen molar-refractivity contribution in [3.05, 3.63) is 42.5 Å². The molecule has 0 aliphatic carbocycles. The first-order chi connectivity index (χ1) is 12.5. The van der Waals surface area contributed by atoms with Gasteiger partial charge in [0.2, 0.25) is 5.95 Å². The molecule has 134 valence electrons. The molecule has 26 heavy (non-hydrogen) atoms. The first-order valence-corrected chi connectivity index (χ1v) is 9.79. The number of nitrogens with zero attached hydrogens (tertiary/aromatic N) is 4. The lowest BCUT2D eigenvalue weighted by atomic mass is 10.3. The van der Waals surface area contributed by atoms with E-state index in [4.69, 9.17) is 0 Å². The summed E-state index contributed by atoms with van der Waals surface area (Å²) in [5.74, 6) is 0.532. The summed E-state index contributed by atoms with van der Waals surface area (Å²) in [4.78, 5) is 17.2. The van der Waals surface area contributed by atoms with Crippen molar-refractivity contribution in [3.8, 4) is 0 Å². The van der Waals surface area contributed by atoms with Crippen LogP contribution in [-0.4, -0.2) is 45.9 Å². The fourth-order valence-electron chi connectivity index (χ4n) is 2.78. The number of anilines is 3. The Morgan fingerprint density at radius 3 is 2.58 bits per heavy atom. The van der Waals surface area contributed by atoms with Crippen LogP contribution in [0.2, 0.25) is 0 Å². The topological polar surface area (TPSA) is 110 Å². The van der Waals surface area contributed by atoms with Gasteiger partial charge < -0.3 is 10.6 Å². The summed E-state index contributed by atoms with van der Waals surface area (Å²) in [6, 6.07) is 5.58. The summed E-state index contributed by atoms with van der Waals surface area (Å²) in [7, 11) is -3.02. The Morgan fingerprint density at radius 1 is 1.08 bits per heavy atom. The molecule has 0 radical (unpaired) electrons. The Balaban J connectivity index is 1.67. The van der Waals surface area contributed by atoms with Crippen LogP contribution < -0.4 is 10.6 Å². The first-order valence-electron chi connectivity index (χ1n) is 7.97. The van der Waals surface area contributed by atoms with Crippen molar-refractivity contribution in [2.24, 2.45) is 0 Å². The third kappa shape index (κ3) is 3.54. The van der Waals surface area contributed by atoms with Crippen LogP contribution >= 0.6 is 0 Å². The fourth-order valence-corrected chi connectivity index (χ4v) is 4.45. The van der Waals surface area contributed by atoms with Gasteiger partial charge >= 0.3 is 0 Å². The van der Waals surface area contributed by atoms with E-state index in [0.29, 0.717) is 29.1 Å². The molecular formula is C16H15FN6O2S. The number of halogens is 1. The standard InChI is InChI=1S/C16H15FN6O2S/c17-10-1-3-11(4-2-10)20-15-13-14(19-7-6-18-13)22-16(23-15)21-12-5-8-26(24,25)9-12/h1-4,6-7,12H,5,8-9H2,(H2,19,20,21,22,23). The van der Waals surface area contributed by atoms with Crippen molar-refractivity contribution in [1.82, 2.24) is 19.9 Å². The van der Waals surface area contributed by atoms with Gasteiger partial charge in [0.15, 0.2) is 26.8 Å². The van der Waals surface area contributed by atoms with Gasteiger partial charge in [-0.3, -0.25) is 0 Å². The van der Waals surface area contributed by atoms with Gasteiger partial charge in [-0.1, -0.05) is 0 Å². The van der Waals surface area contributed by atoms with Crippen molar-refractivity contribution >= 4 is 38.5 Å². The van der Waals surface area contributed by atoms with Crippen LogP contribution in [0.15, 0.2) is 36.7 Å². The average molecular weight is 374 g/mol. The van der Waals surface area contributed by atoms with Gasteiger partial charge in [-0.2, -0.15) is 9.97 Å². The number of hydrogen-bond acceptors (Lipinski definition) is 8. The third-order valence-corrected chi connectivity index (χ3v) is 5.77. The number of hydrogen-bond donors (Lipinski definition) is 2. The lowest BCUT2D eigenvalue weighted by Crippen LogP contribution is -2.22. The Morgan fingerprint density at radius 2 is 1.85 bits per heavy atom. The van der Waals surface area contributed by atoms with Crippen LogP contribution in [0.5, 0.6) is 0 Å². The lowest BCUT2D eigenvalue weighted by molar-refractivity contribution is 0.602. The molecule has 1 aromatic carbocycles. The Labute approximate surface area is 148 Å². The van der Waals surface area contributed by atoms with Crippen molar-refractivity contribution in [2.75, 3.05) is 22.1 Å². The zero-order valence-corrected chi connectivity index (χ0v) is 14.4. The maximum absolute atomic E-state index is 13.1. The van der Waals surface area contributed by atoms with Crippen molar-refractivity contribution in [3.63, 3.8) is 0 Å². The SMILES string of the molecule is O=S1(=O)CCC(Nc2nc(Nc3ccc(F)cc3)c3nccnc3n2)C1. The predicted octanol–water partition coefficient (Wildman–Crippen LogP) is 1.90. The number of rotatable bonds is 4. The van der Waals surface area contributed by atoms with E-state index in [9.17, 15) is 12.8 Å². The molecule has 1 atom stereocenters. The zero-order chi connectivity index (χ0) is 18.1. The van der Waals surface area contributed by atoms with E-state index >= 15 is 0 Å². The molecule has 1 aliphatic rings. The van der Waals surface area contributed by atoms with Crippen molar-refractivity contribution in [2.45, 2.75) is 12.5 Å². The van der Waals surface area contributed by atoms with Crippen LogP contribution in [0.25, 0.3) is 11.2 Å². The predicted molar refractivity (Wildman–Crippen MR) is 95.5 cm³/mol. The molecule has 8 nitrogen and oxygen atoms in total. The number of fused-ring (bicyclic) bond motifs is 1. The minimum absolute atomic E-state index is 0.0512. The summed E-state index contributed by atoms with van der Waals surface area (Å²) in [5.41, 5.74) is 1.46. The van der Waals surface area contributed by atoms with Crippen LogP contribution in [0.1, 0.15) is 6.42 Å². The number of aromatic nitrogens is 4. The van der Waals surface area contributed by atoms with Gasteiger partial charge in [0.25, 0.3) is 0 Å². The Kier molecular flexibility index (Phi) is 4.11. The number of benzene rings is 1. The smallest absolute Gasteiger partial charge is 0.227 e. The highest BCUT2D eigenvalue weighted by Gasteiger charge is 2.28. The zero-order valence-electron chi connectivity index (χ0n) is 13.6. The quantitative estimate of drug-likeness (QED) is 0.713. The molecule has 0 spiro atoms. The molecule has 1 unspecified atom stereocenters. The molecule has 4 rings (SSSR count). The summed E-state index contributed by atoms with van der Waals surface area (Å²) in [6.45, 7) is 0. The molecule has 0 amide bonds. The van der Waals surface area contributed by atoms with Gasteiger partial charge in [0.05, 0.1) is 11.5 Å². The maximum Gasteiger partial charge on any atom is 0.227 e. The molecule has 2 aromatic heterocycles. The van der Waals surface area contributed by atoms with Gasteiger partial charge in [-0.15, -0.1) is 0 Å². The highest BCUT2D eigenvalue weighted by Crippen LogP contribution is 2.24. The van der Waals surface area contributed by atoms with Crippen LogP contribution in [-0.2, 0) is 9.84 Å². The molecule has 1 saturated heterocycles. The second-order valence-electron chi connectivity index (χ2n) is 6.00. The van der Waals surface area contributed by atoms with E-state index in [1.54, 1.807) is 12.1 Å². The molecule has 3 aromatic rings. The van der Waals surface area contributed by atoms with Crippen molar-refractivity contribution < 1.29 is 12.8 Å². The van der Waals surface area contributed by atoms with Gasteiger partial charge in [-0.05, 0) is 30.7 Å². The van der Waals surface area contributed by atoms with E-state index < -0.39 is 9.84 Å². The van der Waals surface area contributed by atoms with Crippen molar-refractivity contribution in [1.29, 1.82) is 0 Å². The maximum atomic E-state index is 13.1. The average Bonchev–Trinajstić information content (AvgIpc) is 2.95. The highest BCUT2D eigenvalue weighted by atomic mass is 32.2. The molecule has 2 N–H and O–H groups in total. The van der Waals surface area contributed by atoms with Gasteiger partial charge in [0, 0.05) is 24.1 Å². The minimum Gasteiger partial charge on any atom is -0.350 e. The van der Waals surface area contributed by atoms with Crippen LogP contribution in [0.4, 0.5) is 21.8 Å². The first kappa shape index (κ1) is 16.6. The van der Waals surface area contributed by atoms with E-state index in [0.717, 1.165) is 0 Å². The Bertz CT molecular complexity index is 1060. The van der Waals surface area contributed by atoms with Gasteiger partial charge in [-0.25, -0.2) is 22.8 Å². The van der Waals surface area contributed by atoms with Crippen LogP contribution in [0.3, 0.4) is 0 Å². The van der Waals surface area contributed by atoms with Crippen LogP contribution in [0, 0.1) is 5.82 Å². The third-order valence-electron chi connectivity index (χ3n) is 4.01. The molecule has 3 heterocycles.